The topological polar surface area (TPSA) is 71.3 Å². The van der Waals surface area contributed by atoms with Gasteiger partial charge in [-0.25, -0.2) is 0 Å². The van der Waals surface area contributed by atoms with Gasteiger partial charge >= 0.3 is 0 Å². The van der Waals surface area contributed by atoms with Gasteiger partial charge in [-0.3, -0.25) is 4.79 Å². The van der Waals surface area contributed by atoms with E-state index in [4.69, 9.17) is 21.1 Å². The van der Waals surface area contributed by atoms with Crippen molar-refractivity contribution in [3.8, 4) is 17.6 Å². The van der Waals surface area contributed by atoms with Crippen molar-refractivity contribution in [2.45, 2.75) is 6.61 Å². The highest BCUT2D eigenvalue weighted by Gasteiger charge is 2.14. The van der Waals surface area contributed by atoms with Gasteiger partial charge in [0.2, 0.25) is 0 Å². The molecule has 0 unspecified atom stereocenters. The molecule has 1 amide bonds. The Hall–Kier alpha value is -2.79. The Kier molecular flexibility index (Phi) is 8.34. The van der Waals surface area contributed by atoms with Crippen molar-refractivity contribution in [2.75, 3.05) is 12.4 Å². The van der Waals surface area contributed by atoms with E-state index in [1.54, 1.807) is 48.5 Å². The highest BCUT2D eigenvalue weighted by atomic mass is 79.9. The second-order valence-corrected chi connectivity index (χ2v) is 8.79. The monoisotopic (exact) mass is 574 g/mol. The fourth-order valence-electron chi connectivity index (χ4n) is 2.75. The molecule has 0 bridgehead atoms. The molecular weight excluding hydrogens is 560 g/mol. The van der Waals surface area contributed by atoms with Crippen molar-refractivity contribution in [1.29, 1.82) is 5.26 Å². The molecule has 0 radical (unpaired) electrons. The SMILES string of the molecule is COc1cc(/C=C(/C#N)C(=O)Nc2ccc(Br)cc2)cc(Br)c1OCc1ccc(Cl)cc1. The average molecular weight is 577 g/mol. The largest absolute Gasteiger partial charge is 0.493 e. The van der Waals surface area contributed by atoms with Crippen LogP contribution < -0.4 is 14.8 Å². The summed E-state index contributed by atoms with van der Waals surface area (Å²) in [6.45, 7) is 0.320. The van der Waals surface area contributed by atoms with Gasteiger partial charge in [0.25, 0.3) is 5.91 Å². The lowest BCUT2D eigenvalue weighted by molar-refractivity contribution is -0.112. The van der Waals surface area contributed by atoms with Crippen molar-refractivity contribution in [1.82, 2.24) is 0 Å². The summed E-state index contributed by atoms with van der Waals surface area (Å²) < 4.78 is 12.9. The number of carbonyl (C=O) groups excluding carboxylic acids is 1. The maximum Gasteiger partial charge on any atom is 0.266 e. The third-order valence-electron chi connectivity index (χ3n) is 4.33. The first-order valence-corrected chi connectivity index (χ1v) is 11.3. The number of nitrogens with one attached hydrogen (secondary N) is 1. The Labute approximate surface area is 207 Å². The van der Waals surface area contributed by atoms with E-state index in [0.717, 1.165) is 10.0 Å². The van der Waals surface area contributed by atoms with Gasteiger partial charge in [0.1, 0.15) is 18.2 Å². The second-order valence-electron chi connectivity index (χ2n) is 6.58. The maximum atomic E-state index is 12.5. The zero-order valence-electron chi connectivity index (χ0n) is 16.9. The molecule has 0 aliphatic carbocycles. The predicted molar refractivity (Wildman–Crippen MR) is 133 cm³/mol. The molecule has 3 aromatic carbocycles. The van der Waals surface area contributed by atoms with E-state index in [1.807, 2.05) is 18.2 Å². The maximum absolute atomic E-state index is 12.5. The molecule has 0 aliphatic rings. The van der Waals surface area contributed by atoms with Gasteiger partial charge in [-0.05, 0) is 81.7 Å². The zero-order chi connectivity index (χ0) is 23.1. The molecular formula is C24H17Br2ClN2O3. The van der Waals surface area contributed by atoms with Gasteiger partial charge in [-0.15, -0.1) is 0 Å². The highest BCUT2D eigenvalue weighted by Crippen LogP contribution is 2.38. The zero-order valence-corrected chi connectivity index (χ0v) is 20.8. The lowest BCUT2D eigenvalue weighted by Crippen LogP contribution is -2.13. The lowest BCUT2D eigenvalue weighted by Gasteiger charge is -2.14. The normalized spacial score (nSPS) is 10.9. The van der Waals surface area contributed by atoms with Crippen LogP contribution in [0, 0.1) is 11.3 Å². The van der Waals surface area contributed by atoms with Crippen LogP contribution in [0.25, 0.3) is 6.08 Å². The fourth-order valence-corrected chi connectivity index (χ4v) is 3.71. The molecule has 0 aliphatic heterocycles. The average Bonchev–Trinajstić information content (AvgIpc) is 2.79. The first kappa shape index (κ1) is 23.9. The van der Waals surface area contributed by atoms with E-state index in [0.29, 0.717) is 38.9 Å². The molecule has 0 fully saturated rings. The highest BCUT2D eigenvalue weighted by molar-refractivity contribution is 9.10. The molecule has 0 spiro atoms. The molecule has 162 valence electrons. The van der Waals surface area contributed by atoms with Crippen molar-refractivity contribution in [3.63, 3.8) is 0 Å². The predicted octanol–water partition coefficient (Wildman–Crippen LogP) is 7.00. The van der Waals surface area contributed by atoms with Crippen LogP contribution in [-0.4, -0.2) is 13.0 Å². The molecule has 0 heterocycles. The van der Waals surface area contributed by atoms with Crippen molar-refractivity contribution in [3.05, 3.63) is 91.3 Å². The molecule has 0 atom stereocenters. The summed E-state index contributed by atoms with van der Waals surface area (Å²) in [5.74, 6) is 0.468. The number of anilines is 1. The van der Waals surface area contributed by atoms with Crippen LogP contribution in [0.5, 0.6) is 11.5 Å². The molecule has 0 aromatic heterocycles. The van der Waals surface area contributed by atoms with Gasteiger partial charge in [0.15, 0.2) is 11.5 Å². The minimum Gasteiger partial charge on any atom is -0.493 e. The van der Waals surface area contributed by atoms with Crippen LogP contribution in [0.4, 0.5) is 5.69 Å². The summed E-state index contributed by atoms with van der Waals surface area (Å²) in [4.78, 5) is 12.5. The van der Waals surface area contributed by atoms with Crippen molar-refractivity contribution < 1.29 is 14.3 Å². The van der Waals surface area contributed by atoms with E-state index in [2.05, 4.69) is 37.2 Å². The van der Waals surface area contributed by atoms with E-state index in [9.17, 15) is 10.1 Å². The fraction of sp³-hybridized carbons (Fsp3) is 0.0833. The van der Waals surface area contributed by atoms with Crippen LogP contribution in [0.15, 0.2) is 75.2 Å². The Bertz CT molecular complexity index is 1190. The number of rotatable bonds is 7. The number of ether oxygens (including phenoxy) is 2. The standard InChI is InChI=1S/C24H17Br2ClN2O3/c1-31-22-12-16(10-17(13-28)24(30)29-20-8-4-18(25)5-9-20)11-21(26)23(22)32-14-15-2-6-19(27)7-3-15/h2-12H,14H2,1H3,(H,29,30)/b17-10-. The number of amides is 1. The number of nitriles is 1. The van der Waals surface area contributed by atoms with Crippen LogP contribution in [0.2, 0.25) is 5.02 Å². The molecule has 0 saturated carbocycles. The van der Waals surface area contributed by atoms with Gasteiger partial charge in [0.05, 0.1) is 11.6 Å². The Morgan fingerprint density at radius 3 is 2.44 bits per heavy atom. The minimum absolute atomic E-state index is 0.0447. The van der Waals surface area contributed by atoms with Gasteiger partial charge in [0, 0.05) is 15.2 Å². The summed E-state index contributed by atoms with van der Waals surface area (Å²) in [5, 5.41) is 12.9. The second kappa shape index (κ2) is 11.2. The molecule has 0 saturated heterocycles. The number of nitrogens with zero attached hydrogens (tertiary/aromatic N) is 1. The summed E-state index contributed by atoms with van der Waals surface area (Å²) in [5.41, 5.74) is 2.10. The van der Waals surface area contributed by atoms with Crippen LogP contribution in [-0.2, 0) is 11.4 Å². The van der Waals surface area contributed by atoms with Gasteiger partial charge < -0.3 is 14.8 Å². The quantitative estimate of drug-likeness (QED) is 0.243. The summed E-state index contributed by atoms with van der Waals surface area (Å²) >= 11 is 12.8. The smallest absolute Gasteiger partial charge is 0.266 e. The Balaban J connectivity index is 1.80. The third kappa shape index (κ3) is 6.36. The molecule has 3 rings (SSSR count). The number of methoxy groups -OCH3 is 1. The molecule has 5 nitrogen and oxygen atoms in total. The number of carbonyl (C=O) groups is 1. The van der Waals surface area contributed by atoms with E-state index in [1.165, 1.54) is 13.2 Å². The van der Waals surface area contributed by atoms with Crippen LogP contribution >= 0.6 is 43.5 Å². The minimum atomic E-state index is -0.507. The van der Waals surface area contributed by atoms with E-state index < -0.39 is 5.91 Å². The third-order valence-corrected chi connectivity index (χ3v) is 5.70. The van der Waals surface area contributed by atoms with E-state index >= 15 is 0 Å². The van der Waals surface area contributed by atoms with E-state index in [-0.39, 0.29) is 5.57 Å². The lowest BCUT2D eigenvalue weighted by atomic mass is 10.1. The number of hydrogen-bond acceptors (Lipinski definition) is 4. The molecule has 3 aromatic rings. The van der Waals surface area contributed by atoms with Gasteiger partial charge in [-0.1, -0.05) is 39.7 Å². The molecule has 8 heteroatoms. The Morgan fingerprint density at radius 1 is 1.12 bits per heavy atom. The summed E-state index contributed by atoms with van der Waals surface area (Å²) in [6, 6.07) is 19.8. The summed E-state index contributed by atoms with van der Waals surface area (Å²) in [6.07, 6.45) is 1.49. The van der Waals surface area contributed by atoms with Crippen LogP contribution in [0.3, 0.4) is 0 Å². The number of benzene rings is 3. The Morgan fingerprint density at radius 2 is 1.81 bits per heavy atom. The van der Waals surface area contributed by atoms with Gasteiger partial charge in [-0.2, -0.15) is 5.26 Å². The number of hydrogen-bond donors (Lipinski definition) is 1. The van der Waals surface area contributed by atoms with Crippen molar-refractivity contribution in [2.24, 2.45) is 0 Å². The molecule has 1 N–H and O–H groups in total. The van der Waals surface area contributed by atoms with Crippen LogP contribution in [0.1, 0.15) is 11.1 Å². The number of halogens is 3. The van der Waals surface area contributed by atoms with Crippen molar-refractivity contribution >= 4 is 61.1 Å². The summed E-state index contributed by atoms with van der Waals surface area (Å²) in [7, 11) is 1.52. The first-order chi connectivity index (χ1) is 15.4. The first-order valence-electron chi connectivity index (χ1n) is 9.33. The molecule has 32 heavy (non-hydrogen) atoms.